The maximum Gasteiger partial charge on any atom is 0.268 e. The van der Waals surface area contributed by atoms with Gasteiger partial charge in [-0.15, -0.1) is 11.3 Å². The average Bonchev–Trinajstić information content (AvgIpc) is 3.07. The molecule has 0 fully saturated rings. The normalized spacial score (nSPS) is 11.0. The fraction of sp³-hybridized carbons (Fsp3) is 0.0526. The van der Waals surface area contributed by atoms with Crippen LogP contribution in [0, 0.1) is 4.77 Å². The van der Waals surface area contributed by atoms with Crippen LogP contribution in [0.1, 0.15) is 0 Å². The molecule has 1 N–H and O–H groups in total. The molecule has 7 heteroatoms. The summed E-state index contributed by atoms with van der Waals surface area (Å²) in [4.78, 5) is 17.2. The molecule has 4 nitrogen and oxygen atoms in total. The first-order valence-electron chi connectivity index (χ1n) is 7.75. The molecule has 0 aliphatic rings. The first-order chi connectivity index (χ1) is 12.6. The molecule has 2 aromatic carbocycles. The van der Waals surface area contributed by atoms with Crippen LogP contribution in [0.25, 0.3) is 27.0 Å². The Morgan fingerprint density at radius 1 is 1.12 bits per heavy atom. The number of aromatic nitrogens is 2. The van der Waals surface area contributed by atoms with Crippen molar-refractivity contribution >= 4 is 45.4 Å². The lowest BCUT2D eigenvalue weighted by molar-refractivity contribution is 0.414. The lowest BCUT2D eigenvalue weighted by atomic mass is 10.1. The molecular formula is C19H13ClN2O2S2. The Bertz CT molecular complexity index is 1210. The predicted octanol–water partition coefficient (Wildman–Crippen LogP) is 5.44. The highest BCUT2D eigenvalue weighted by atomic mass is 35.5. The molecule has 0 atom stereocenters. The van der Waals surface area contributed by atoms with Crippen LogP contribution in [-0.4, -0.2) is 16.7 Å². The highest BCUT2D eigenvalue weighted by Crippen LogP contribution is 2.31. The van der Waals surface area contributed by atoms with Crippen molar-refractivity contribution in [2.24, 2.45) is 0 Å². The molecule has 0 amide bonds. The zero-order valence-corrected chi connectivity index (χ0v) is 16.0. The van der Waals surface area contributed by atoms with Crippen molar-refractivity contribution in [3.8, 4) is 22.6 Å². The van der Waals surface area contributed by atoms with E-state index in [9.17, 15) is 4.79 Å². The molecule has 0 radical (unpaired) electrons. The number of rotatable bonds is 3. The first kappa shape index (κ1) is 17.0. The number of benzene rings is 2. The van der Waals surface area contributed by atoms with Gasteiger partial charge in [-0.2, -0.15) is 0 Å². The first-order valence-corrected chi connectivity index (χ1v) is 9.42. The number of nitrogens with zero attached hydrogens (tertiary/aromatic N) is 1. The van der Waals surface area contributed by atoms with Crippen LogP contribution in [0.2, 0.25) is 5.02 Å². The fourth-order valence-corrected chi connectivity index (χ4v) is 4.27. The van der Waals surface area contributed by atoms with Crippen LogP contribution in [0.4, 0.5) is 0 Å². The Labute approximate surface area is 163 Å². The van der Waals surface area contributed by atoms with Gasteiger partial charge in [-0.1, -0.05) is 23.7 Å². The summed E-state index contributed by atoms with van der Waals surface area (Å²) in [5.74, 6) is 0.718. The van der Waals surface area contributed by atoms with E-state index < -0.39 is 0 Å². The monoisotopic (exact) mass is 400 g/mol. The Morgan fingerprint density at radius 3 is 2.46 bits per heavy atom. The van der Waals surface area contributed by atoms with Crippen molar-refractivity contribution in [3.63, 3.8) is 0 Å². The molecule has 2 heterocycles. The fourth-order valence-electron chi connectivity index (χ4n) is 2.83. The smallest absolute Gasteiger partial charge is 0.268 e. The SMILES string of the molecule is COc1ccc(-n2c(=S)[nH]c3scc(-c4ccc(Cl)cc4)c3c2=O)cc1. The maximum atomic E-state index is 13.3. The zero-order valence-electron chi connectivity index (χ0n) is 13.7. The molecule has 0 aliphatic carbocycles. The van der Waals surface area contributed by atoms with Gasteiger partial charge in [0.05, 0.1) is 18.2 Å². The van der Waals surface area contributed by atoms with E-state index in [0.717, 1.165) is 21.7 Å². The zero-order chi connectivity index (χ0) is 18.3. The molecule has 0 aliphatic heterocycles. The number of ether oxygens (including phenoxy) is 1. The van der Waals surface area contributed by atoms with Gasteiger partial charge >= 0.3 is 0 Å². The molecule has 0 bridgehead atoms. The number of hydrogen-bond acceptors (Lipinski definition) is 4. The molecule has 0 saturated carbocycles. The van der Waals surface area contributed by atoms with Crippen LogP contribution < -0.4 is 10.3 Å². The highest BCUT2D eigenvalue weighted by molar-refractivity contribution is 7.71. The summed E-state index contributed by atoms with van der Waals surface area (Å²) in [5.41, 5.74) is 2.33. The lowest BCUT2D eigenvalue weighted by Crippen LogP contribution is -2.20. The summed E-state index contributed by atoms with van der Waals surface area (Å²) in [6.45, 7) is 0. The standard InChI is InChI=1S/C19H13ClN2O2S2/c1-24-14-8-6-13(7-9-14)22-18(23)16-15(10-26-17(16)21-19(22)25)11-2-4-12(20)5-3-11/h2-10H,1H3,(H,21,25). The summed E-state index contributed by atoms with van der Waals surface area (Å²) in [5, 5.41) is 3.23. The molecule has 0 spiro atoms. The van der Waals surface area contributed by atoms with Gasteiger partial charge in [0.25, 0.3) is 5.56 Å². The summed E-state index contributed by atoms with van der Waals surface area (Å²) >= 11 is 12.9. The Balaban J connectivity index is 1.97. The summed E-state index contributed by atoms with van der Waals surface area (Å²) < 4.78 is 7.04. The van der Waals surface area contributed by atoms with Crippen LogP contribution in [0.15, 0.2) is 58.7 Å². The molecule has 4 rings (SSSR count). The minimum atomic E-state index is -0.153. The third-order valence-corrected chi connectivity index (χ3v) is 5.55. The number of thiophene rings is 1. The summed E-state index contributed by atoms with van der Waals surface area (Å²) in [6, 6.07) is 14.7. The van der Waals surface area contributed by atoms with Gasteiger partial charge < -0.3 is 9.72 Å². The van der Waals surface area contributed by atoms with Gasteiger partial charge in [0.1, 0.15) is 10.6 Å². The summed E-state index contributed by atoms with van der Waals surface area (Å²) in [6.07, 6.45) is 0. The van der Waals surface area contributed by atoms with E-state index in [0.29, 0.717) is 20.9 Å². The van der Waals surface area contributed by atoms with Crippen LogP contribution in [-0.2, 0) is 0 Å². The number of nitrogens with one attached hydrogen (secondary N) is 1. The third-order valence-electron chi connectivity index (χ3n) is 4.12. The molecule has 2 aromatic heterocycles. The molecule has 0 unspecified atom stereocenters. The van der Waals surface area contributed by atoms with Gasteiger partial charge in [0, 0.05) is 16.0 Å². The van der Waals surface area contributed by atoms with Crippen LogP contribution in [0.3, 0.4) is 0 Å². The highest BCUT2D eigenvalue weighted by Gasteiger charge is 2.15. The lowest BCUT2D eigenvalue weighted by Gasteiger charge is -2.08. The van der Waals surface area contributed by atoms with Crippen molar-refractivity contribution in [1.82, 2.24) is 9.55 Å². The quantitative estimate of drug-likeness (QED) is 0.466. The van der Waals surface area contributed by atoms with E-state index in [2.05, 4.69) is 4.98 Å². The topological polar surface area (TPSA) is 47.0 Å². The van der Waals surface area contributed by atoms with Crippen LogP contribution in [0.5, 0.6) is 5.75 Å². The minimum absolute atomic E-state index is 0.153. The van der Waals surface area contributed by atoms with Gasteiger partial charge in [-0.05, 0) is 54.2 Å². The third kappa shape index (κ3) is 2.86. The van der Waals surface area contributed by atoms with E-state index in [1.807, 2.05) is 41.8 Å². The number of halogens is 1. The number of methoxy groups -OCH3 is 1. The molecule has 26 heavy (non-hydrogen) atoms. The molecule has 0 saturated heterocycles. The second-order valence-electron chi connectivity index (χ2n) is 5.63. The van der Waals surface area contributed by atoms with Crippen molar-refractivity contribution in [3.05, 3.63) is 74.1 Å². The van der Waals surface area contributed by atoms with E-state index in [4.69, 9.17) is 28.6 Å². The Kier molecular flexibility index (Phi) is 4.40. The van der Waals surface area contributed by atoms with E-state index in [-0.39, 0.29) is 5.56 Å². The predicted molar refractivity (Wildman–Crippen MR) is 110 cm³/mol. The van der Waals surface area contributed by atoms with Gasteiger partial charge in [-0.25, -0.2) is 0 Å². The van der Waals surface area contributed by atoms with Crippen LogP contribution >= 0.6 is 35.2 Å². The van der Waals surface area contributed by atoms with E-state index in [1.54, 1.807) is 19.2 Å². The van der Waals surface area contributed by atoms with Crippen molar-refractivity contribution in [2.45, 2.75) is 0 Å². The van der Waals surface area contributed by atoms with Crippen molar-refractivity contribution < 1.29 is 4.74 Å². The van der Waals surface area contributed by atoms with E-state index in [1.165, 1.54) is 15.9 Å². The Morgan fingerprint density at radius 2 is 1.81 bits per heavy atom. The second kappa shape index (κ2) is 6.72. The molecule has 130 valence electrons. The maximum absolute atomic E-state index is 13.3. The number of H-pyrrole nitrogens is 1. The van der Waals surface area contributed by atoms with Crippen molar-refractivity contribution in [1.29, 1.82) is 0 Å². The number of fused-ring (bicyclic) bond motifs is 1. The summed E-state index contributed by atoms with van der Waals surface area (Å²) in [7, 11) is 1.60. The van der Waals surface area contributed by atoms with Gasteiger partial charge in [0.15, 0.2) is 4.77 Å². The minimum Gasteiger partial charge on any atom is -0.497 e. The van der Waals surface area contributed by atoms with Gasteiger partial charge in [-0.3, -0.25) is 9.36 Å². The molecular weight excluding hydrogens is 388 g/mol. The number of aromatic amines is 1. The number of hydrogen-bond donors (Lipinski definition) is 1. The Hall–Kier alpha value is -2.41. The van der Waals surface area contributed by atoms with Gasteiger partial charge in [0.2, 0.25) is 0 Å². The largest absolute Gasteiger partial charge is 0.497 e. The van der Waals surface area contributed by atoms with Crippen molar-refractivity contribution in [2.75, 3.05) is 7.11 Å². The molecule has 4 aromatic rings. The van der Waals surface area contributed by atoms with E-state index >= 15 is 0 Å². The average molecular weight is 401 g/mol. The second-order valence-corrected chi connectivity index (χ2v) is 7.33.